The molecule has 0 unspecified atom stereocenters. The molecule has 330 valence electrons. The molecule has 1 fully saturated rings. The third kappa shape index (κ3) is 7.81. The monoisotopic (exact) mass is 864 g/mol. The molecule has 1 saturated heterocycles. The maximum absolute atomic E-state index is 12.8. The second-order valence-corrected chi connectivity index (χ2v) is 16.0. The Hall–Kier alpha value is -7.11. The van der Waals surface area contributed by atoms with Gasteiger partial charge in [-0.15, -0.1) is 0 Å². The Kier molecular flexibility index (Phi) is 11.6. The molecule has 2 aromatic carbocycles. The average molecular weight is 865 g/mol. The summed E-state index contributed by atoms with van der Waals surface area (Å²) in [6.45, 7) is 14.7. The number of hydrogen-bond donors (Lipinski definition) is 2. The number of morpholine rings is 1. The zero-order chi connectivity index (χ0) is 44.6. The van der Waals surface area contributed by atoms with Gasteiger partial charge in [0.15, 0.2) is 5.82 Å². The minimum Gasteiger partial charge on any atom is -0.495 e. The number of benzene rings is 2. The smallest absolute Gasteiger partial charge is 0.248 e. The standard InChI is InChI=1S/C47H52N12O5/c1-6-58-37(21-28(3)53-58)36-12-11-32-33-23-31(44(49)61)26-40(64-18-10-13-55-16-19-63-20-17-55)42(33)57(46(32)51-36)15-9-8-14-56-41-34(24-30(43(48)60)25-39(41)62-5)35-27-50-45(52-47(35)56)38-22-29(4)54-59(38)7-2/h8-9,11-12,21-27H,6-7,10,13-20H2,1-5H3,(H2,48,60)(H2,49,61)/b9-8+. The van der Waals surface area contributed by atoms with Crippen molar-refractivity contribution in [2.75, 3.05) is 46.6 Å². The number of rotatable bonds is 16. The second-order valence-electron chi connectivity index (χ2n) is 16.0. The van der Waals surface area contributed by atoms with E-state index in [-0.39, 0.29) is 0 Å². The Bertz CT molecular complexity index is 3110. The molecule has 64 heavy (non-hydrogen) atoms. The van der Waals surface area contributed by atoms with Crippen LogP contribution < -0.4 is 20.9 Å². The molecule has 0 spiro atoms. The van der Waals surface area contributed by atoms with Crippen molar-refractivity contribution in [2.24, 2.45) is 11.5 Å². The Labute approximate surface area is 369 Å². The van der Waals surface area contributed by atoms with Gasteiger partial charge >= 0.3 is 0 Å². The average Bonchev–Trinajstić information content (AvgIpc) is 4.06. The maximum atomic E-state index is 12.8. The molecule has 1 aliphatic rings. The summed E-state index contributed by atoms with van der Waals surface area (Å²) in [6.07, 6.45) is 6.72. The van der Waals surface area contributed by atoms with E-state index in [2.05, 4.69) is 43.3 Å². The molecule has 4 N–H and O–H groups in total. The molecule has 17 nitrogen and oxygen atoms in total. The first-order valence-electron chi connectivity index (χ1n) is 21.7. The van der Waals surface area contributed by atoms with Crippen LogP contribution in [0.4, 0.5) is 0 Å². The van der Waals surface area contributed by atoms with Crippen LogP contribution in [0.15, 0.2) is 66.9 Å². The molecule has 9 rings (SSSR count). The van der Waals surface area contributed by atoms with E-state index >= 15 is 0 Å². The summed E-state index contributed by atoms with van der Waals surface area (Å²) in [5.41, 5.74) is 19.6. The first-order valence-corrected chi connectivity index (χ1v) is 21.7. The van der Waals surface area contributed by atoms with Crippen LogP contribution in [0, 0.1) is 13.8 Å². The number of aryl methyl sites for hydroxylation is 4. The third-order valence-corrected chi connectivity index (χ3v) is 11.8. The van der Waals surface area contributed by atoms with Gasteiger partial charge in [0.2, 0.25) is 11.8 Å². The number of pyridine rings is 1. The lowest BCUT2D eigenvalue weighted by Gasteiger charge is -2.26. The van der Waals surface area contributed by atoms with Crippen LogP contribution in [0.3, 0.4) is 0 Å². The molecular weight excluding hydrogens is 813 g/mol. The molecule has 7 heterocycles. The molecule has 17 heteroatoms. The van der Waals surface area contributed by atoms with E-state index in [0.717, 1.165) is 106 Å². The number of nitrogens with zero attached hydrogens (tertiary/aromatic N) is 10. The number of aromatic nitrogens is 9. The molecule has 0 radical (unpaired) electrons. The van der Waals surface area contributed by atoms with Crippen molar-refractivity contribution in [1.29, 1.82) is 0 Å². The van der Waals surface area contributed by atoms with E-state index in [4.69, 9.17) is 40.6 Å². The van der Waals surface area contributed by atoms with E-state index < -0.39 is 11.8 Å². The molecule has 6 aromatic heterocycles. The number of primary amides is 2. The number of hydrogen-bond acceptors (Lipinski definition) is 11. The summed E-state index contributed by atoms with van der Waals surface area (Å²) in [4.78, 5) is 42.8. The van der Waals surface area contributed by atoms with Gasteiger partial charge < -0.3 is 34.8 Å². The summed E-state index contributed by atoms with van der Waals surface area (Å²) in [6, 6.07) is 15.0. The van der Waals surface area contributed by atoms with Crippen molar-refractivity contribution in [3.8, 4) is 34.4 Å². The highest BCUT2D eigenvalue weighted by atomic mass is 16.5. The number of ether oxygens (including phenoxy) is 3. The van der Waals surface area contributed by atoms with Gasteiger partial charge in [0.05, 0.1) is 60.7 Å². The van der Waals surface area contributed by atoms with E-state index in [1.165, 1.54) is 0 Å². The van der Waals surface area contributed by atoms with Gasteiger partial charge in [-0.1, -0.05) is 12.2 Å². The van der Waals surface area contributed by atoms with Crippen molar-refractivity contribution in [1.82, 2.24) is 48.5 Å². The number of nitrogens with two attached hydrogens (primary N) is 2. The summed E-state index contributed by atoms with van der Waals surface area (Å²) in [5.74, 6) is 0.450. The van der Waals surface area contributed by atoms with Gasteiger partial charge in [0.1, 0.15) is 28.5 Å². The topological polar surface area (TPSA) is 201 Å². The molecule has 0 atom stereocenters. The summed E-state index contributed by atoms with van der Waals surface area (Å²) < 4.78 is 26.0. The van der Waals surface area contributed by atoms with Gasteiger partial charge in [-0.2, -0.15) is 10.2 Å². The highest BCUT2D eigenvalue weighted by Gasteiger charge is 2.23. The zero-order valence-corrected chi connectivity index (χ0v) is 36.8. The van der Waals surface area contributed by atoms with Crippen LogP contribution in [0.2, 0.25) is 0 Å². The minimum absolute atomic E-state index is 0.316. The molecular formula is C47H52N12O5. The summed E-state index contributed by atoms with van der Waals surface area (Å²) >= 11 is 0. The molecule has 2 amide bonds. The van der Waals surface area contributed by atoms with Crippen molar-refractivity contribution in [3.05, 3.63) is 89.4 Å². The lowest BCUT2D eigenvalue weighted by Crippen LogP contribution is -2.37. The summed E-state index contributed by atoms with van der Waals surface area (Å²) in [5, 5.41) is 12.5. The van der Waals surface area contributed by atoms with Gasteiger partial charge in [0.25, 0.3) is 0 Å². The van der Waals surface area contributed by atoms with Crippen LogP contribution in [0.1, 0.15) is 52.4 Å². The van der Waals surface area contributed by atoms with E-state index in [9.17, 15) is 9.59 Å². The number of fused-ring (bicyclic) bond motifs is 6. The summed E-state index contributed by atoms with van der Waals surface area (Å²) in [7, 11) is 1.57. The molecule has 0 bridgehead atoms. The Morgan fingerprint density at radius 2 is 1.34 bits per heavy atom. The van der Waals surface area contributed by atoms with Crippen molar-refractivity contribution in [2.45, 2.75) is 60.3 Å². The van der Waals surface area contributed by atoms with Crippen LogP contribution in [-0.4, -0.2) is 107 Å². The zero-order valence-electron chi connectivity index (χ0n) is 36.8. The van der Waals surface area contributed by atoms with Gasteiger partial charge in [-0.25, -0.2) is 15.0 Å². The number of amides is 2. The largest absolute Gasteiger partial charge is 0.495 e. The molecule has 0 aliphatic carbocycles. The fourth-order valence-corrected chi connectivity index (χ4v) is 8.81. The van der Waals surface area contributed by atoms with Crippen molar-refractivity contribution < 1.29 is 23.8 Å². The van der Waals surface area contributed by atoms with Crippen LogP contribution >= 0.6 is 0 Å². The number of carbonyl (C=O) groups is 2. The second kappa shape index (κ2) is 17.6. The first-order chi connectivity index (χ1) is 31.1. The number of methoxy groups -OCH3 is 1. The predicted molar refractivity (Wildman–Crippen MR) is 246 cm³/mol. The van der Waals surface area contributed by atoms with Crippen LogP contribution in [0.25, 0.3) is 66.8 Å². The van der Waals surface area contributed by atoms with Gasteiger partial charge in [-0.05, 0) is 82.6 Å². The first kappa shape index (κ1) is 42.2. The Balaban J connectivity index is 1.15. The lowest BCUT2D eigenvalue weighted by molar-refractivity contribution is 0.0358. The lowest BCUT2D eigenvalue weighted by atomic mass is 10.1. The van der Waals surface area contributed by atoms with E-state index in [0.29, 0.717) is 66.9 Å². The highest BCUT2D eigenvalue weighted by Crippen LogP contribution is 2.39. The minimum atomic E-state index is -0.568. The van der Waals surface area contributed by atoms with Gasteiger partial charge in [-0.3, -0.25) is 23.9 Å². The highest BCUT2D eigenvalue weighted by molar-refractivity contribution is 6.13. The SMILES string of the molecule is CCn1nc(C)cc1-c1ccc2c3cc(C(N)=O)cc(OCCCN4CCOCC4)c3n(C/C=C/Cn3c4nc(-c5cc(C)nn5CC)ncc4c4cc(C(N)=O)cc(OC)c43)c2n1. The maximum Gasteiger partial charge on any atom is 0.248 e. The quantitative estimate of drug-likeness (QED) is 0.0848. The van der Waals surface area contributed by atoms with Crippen LogP contribution in [-0.2, 0) is 30.9 Å². The van der Waals surface area contributed by atoms with Crippen molar-refractivity contribution >= 4 is 55.7 Å². The fraction of sp³-hybridized carbons (Fsp3) is 0.340. The Morgan fingerprint density at radius 1 is 0.750 bits per heavy atom. The third-order valence-electron chi connectivity index (χ3n) is 11.8. The molecule has 1 aliphatic heterocycles. The normalized spacial score (nSPS) is 13.6. The molecule has 0 saturated carbocycles. The van der Waals surface area contributed by atoms with E-state index in [1.54, 1.807) is 31.5 Å². The van der Waals surface area contributed by atoms with Gasteiger partial charge in [0, 0.05) is 84.7 Å². The van der Waals surface area contributed by atoms with Crippen LogP contribution in [0.5, 0.6) is 11.5 Å². The number of carbonyl (C=O) groups excluding carboxylic acids is 2. The van der Waals surface area contributed by atoms with Crippen molar-refractivity contribution in [3.63, 3.8) is 0 Å². The number of allylic oxidation sites excluding steroid dienone is 2. The molecule has 8 aromatic rings. The predicted octanol–water partition coefficient (Wildman–Crippen LogP) is 6.03. The Morgan fingerprint density at radius 3 is 1.98 bits per heavy atom. The fourth-order valence-electron chi connectivity index (χ4n) is 8.81. The van der Waals surface area contributed by atoms with E-state index in [1.807, 2.05) is 60.5 Å².